The van der Waals surface area contributed by atoms with E-state index in [0.29, 0.717) is 5.69 Å². The lowest BCUT2D eigenvalue weighted by molar-refractivity contribution is -0.384. The number of hydrogen-bond acceptors (Lipinski definition) is 6. The molecule has 0 aliphatic carbocycles. The molecule has 78 valence electrons. The van der Waals surface area contributed by atoms with Crippen molar-refractivity contribution < 1.29 is 14.6 Å². The average Bonchev–Trinajstić information content (AvgIpc) is 2.65. The number of non-ortho nitro benzene ring substituents is 1. The number of rotatable bonds is 2. The Morgan fingerprint density at radius 3 is 2.47 bits per heavy atom. The van der Waals surface area contributed by atoms with Gasteiger partial charge in [0.1, 0.15) is 0 Å². The molecule has 0 bridgehead atoms. The molecule has 1 aromatic rings. The number of carbonyl (C=O) groups excluding carboxylic acids is 1. The second kappa shape index (κ2) is 3.42. The van der Waals surface area contributed by atoms with E-state index in [2.05, 4.69) is 15.9 Å². The van der Waals surface area contributed by atoms with Crippen LogP contribution in [0.2, 0.25) is 0 Å². The molecule has 0 spiro atoms. The van der Waals surface area contributed by atoms with Gasteiger partial charge in [-0.1, -0.05) is 0 Å². The van der Waals surface area contributed by atoms with Gasteiger partial charge < -0.3 is 4.84 Å². The van der Waals surface area contributed by atoms with Gasteiger partial charge in [-0.15, -0.1) is 0 Å². The summed E-state index contributed by atoms with van der Waals surface area (Å²) in [7, 11) is 0. The average molecular weight is 210 g/mol. The minimum Gasteiger partial charge on any atom is -0.330 e. The molecular weight excluding hydrogens is 204 g/mol. The number of amides is 1. The maximum absolute atomic E-state index is 10.7. The Bertz CT molecular complexity index is 404. The molecule has 0 radical (unpaired) electrons. The lowest BCUT2D eigenvalue weighted by Gasteiger charge is -2.12. The molecule has 2 rings (SSSR count). The Balaban J connectivity index is 2.17. The number of nitro groups is 1. The van der Waals surface area contributed by atoms with E-state index >= 15 is 0 Å². The summed E-state index contributed by atoms with van der Waals surface area (Å²) in [5, 5.41) is 11.6. The third-order valence-electron chi connectivity index (χ3n) is 1.75. The Morgan fingerprint density at radius 1 is 1.33 bits per heavy atom. The molecule has 8 heteroatoms. The molecule has 8 nitrogen and oxygen atoms in total. The van der Waals surface area contributed by atoms with E-state index in [9.17, 15) is 14.9 Å². The monoisotopic (exact) mass is 210 g/mol. The first-order chi connectivity index (χ1) is 7.16. The van der Waals surface area contributed by atoms with Crippen molar-refractivity contribution in [3.63, 3.8) is 0 Å². The van der Waals surface area contributed by atoms with Gasteiger partial charge in [0.25, 0.3) is 5.69 Å². The van der Waals surface area contributed by atoms with Gasteiger partial charge in [-0.3, -0.25) is 10.1 Å². The van der Waals surface area contributed by atoms with Crippen LogP contribution in [0.5, 0.6) is 0 Å². The number of benzene rings is 1. The minimum absolute atomic E-state index is 0.0230. The number of carbonyl (C=O) groups is 1. The van der Waals surface area contributed by atoms with E-state index in [1.165, 1.54) is 29.4 Å². The maximum Gasteiger partial charge on any atom is 0.448 e. The zero-order valence-electron chi connectivity index (χ0n) is 7.34. The first-order valence-corrected chi connectivity index (χ1v) is 3.94. The topological polar surface area (TPSA) is 96.7 Å². The number of hydrogen-bond donors (Lipinski definition) is 2. The molecule has 2 N–H and O–H groups in total. The van der Waals surface area contributed by atoms with Crippen molar-refractivity contribution >= 4 is 17.5 Å². The molecule has 15 heavy (non-hydrogen) atoms. The van der Waals surface area contributed by atoms with Crippen LogP contribution in [0.25, 0.3) is 0 Å². The van der Waals surface area contributed by atoms with Gasteiger partial charge in [0.2, 0.25) is 0 Å². The quantitative estimate of drug-likeness (QED) is 0.544. The molecule has 1 aliphatic heterocycles. The molecule has 0 aromatic heterocycles. The second-order valence-electron chi connectivity index (χ2n) is 2.70. The zero-order chi connectivity index (χ0) is 10.8. The van der Waals surface area contributed by atoms with Crippen LogP contribution in [-0.2, 0) is 4.84 Å². The fourth-order valence-corrected chi connectivity index (χ4v) is 1.06. The van der Waals surface area contributed by atoms with Crippen LogP contribution in [0, 0.1) is 10.1 Å². The van der Waals surface area contributed by atoms with Crippen LogP contribution >= 0.6 is 0 Å². The predicted octanol–water partition coefficient (Wildman–Crippen LogP) is 0.476. The van der Waals surface area contributed by atoms with Crippen LogP contribution in [0.15, 0.2) is 24.3 Å². The summed E-state index contributed by atoms with van der Waals surface area (Å²) in [5.74, 6) is 0. The fraction of sp³-hybridized carbons (Fsp3) is 0. The number of anilines is 1. The van der Waals surface area contributed by atoms with Crippen molar-refractivity contribution in [3.8, 4) is 0 Å². The predicted molar refractivity (Wildman–Crippen MR) is 48.3 cm³/mol. The number of nitrogens with zero attached hydrogens (tertiary/aromatic N) is 2. The number of nitro benzene ring substituents is 1. The van der Waals surface area contributed by atoms with E-state index in [0.717, 1.165) is 0 Å². The van der Waals surface area contributed by atoms with Crippen LogP contribution in [0.3, 0.4) is 0 Å². The first kappa shape index (κ1) is 9.21. The molecule has 1 aromatic carbocycles. The van der Waals surface area contributed by atoms with E-state index < -0.39 is 11.0 Å². The highest BCUT2D eigenvalue weighted by Gasteiger charge is 2.20. The lowest BCUT2D eigenvalue weighted by Crippen LogP contribution is -2.38. The SMILES string of the molecule is O=C1NN(c2ccc([N+](=O)[O-])cc2)NO1. The Morgan fingerprint density at radius 2 is 2.00 bits per heavy atom. The number of hydrazine groups is 2. The van der Waals surface area contributed by atoms with Gasteiger partial charge in [-0.25, -0.2) is 10.2 Å². The molecule has 1 saturated heterocycles. The third kappa shape index (κ3) is 1.79. The molecule has 0 unspecified atom stereocenters. The van der Waals surface area contributed by atoms with Gasteiger partial charge in [0.15, 0.2) is 0 Å². The van der Waals surface area contributed by atoms with E-state index in [4.69, 9.17) is 0 Å². The first-order valence-electron chi connectivity index (χ1n) is 3.94. The van der Waals surface area contributed by atoms with E-state index in [-0.39, 0.29) is 5.69 Å². The summed E-state index contributed by atoms with van der Waals surface area (Å²) in [5.41, 5.74) is 5.08. The summed E-state index contributed by atoms with van der Waals surface area (Å²) in [6, 6.07) is 5.59. The summed E-state index contributed by atoms with van der Waals surface area (Å²) >= 11 is 0. The second-order valence-corrected chi connectivity index (χ2v) is 2.70. The highest BCUT2D eigenvalue weighted by Crippen LogP contribution is 2.17. The smallest absolute Gasteiger partial charge is 0.330 e. The van der Waals surface area contributed by atoms with Gasteiger partial charge in [-0.05, 0) is 17.7 Å². The summed E-state index contributed by atoms with van der Waals surface area (Å²) < 4.78 is 0. The van der Waals surface area contributed by atoms with E-state index in [1.807, 2.05) is 0 Å². The Labute approximate surface area is 83.5 Å². The molecule has 1 amide bonds. The van der Waals surface area contributed by atoms with Crippen LogP contribution in [0.4, 0.5) is 16.2 Å². The fourth-order valence-electron chi connectivity index (χ4n) is 1.06. The highest BCUT2D eigenvalue weighted by molar-refractivity contribution is 5.71. The third-order valence-corrected chi connectivity index (χ3v) is 1.75. The molecular formula is C7H6N4O4. The lowest BCUT2D eigenvalue weighted by atomic mass is 10.3. The van der Waals surface area contributed by atoms with Gasteiger partial charge in [0.05, 0.1) is 10.6 Å². The zero-order valence-corrected chi connectivity index (χ0v) is 7.34. The standard InChI is InChI=1S/C7H6N4O4/c12-7-8-10(9-15-7)5-1-3-6(4-2-5)11(13)14/h1-4,9H,(H,8,12). The van der Waals surface area contributed by atoms with Gasteiger partial charge >= 0.3 is 6.09 Å². The molecule has 0 saturated carbocycles. The van der Waals surface area contributed by atoms with Crippen LogP contribution < -0.4 is 16.1 Å². The normalized spacial score (nSPS) is 14.7. The van der Waals surface area contributed by atoms with Gasteiger partial charge in [0, 0.05) is 12.1 Å². The molecule has 1 fully saturated rings. The summed E-state index contributed by atoms with van der Waals surface area (Å²) in [4.78, 5) is 24.9. The molecule has 0 atom stereocenters. The maximum atomic E-state index is 10.7. The minimum atomic E-state index is -0.645. The van der Waals surface area contributed by atoms with Crippen molar-refractivity contribution in [2.45, 2.75) is 0 Å². The summed E-state index contributed by atoms with van der Waals surface area (Å²) in [6.45, 7) is 0. The summed E-state index contributed by atoms with van der Waals surface area (Å²) in [6.07, 6.45) is -0.645. The van der Waals surface area contributed by atoms with Gasteiger partial charge in [-0.2, -0.15) is 5.12 Å². The van der Waals surface area contributed by atoms with Crippen molar-refractivity contribution in [1.82, 2.24) is 11.0 Å². The van der Waals surface area contributed by atoms with Crippen molar-refractivity contribution in [1.29, 1.82) is 0 Å². The Hall–Kier alpha value is -2.35. The van der Waals surface area contributed by atoms with Crippen molar-refractivity contribution in [3.05, 3.63) is 34.4 Å². The molecule has 1 aliphatic rings. The number of nitrogens with one attached hydrogen (secondary N) is 2. The molecule has 1 heterocycles. The van der Waals surface area contributed by atoms with Crippen LogP contribution in [-0.4, -0.2) is 11.0 Å². The van der Waals surface area contributed by atoms with Crippen LogP contribution in [0.1, 0.15) is 0 Å². The highest BCUT2D eigenvalue weighted by atomic mass is 16.8. The Kier molecular flexibility index (Phi) is 2.10. The van der Waals surface area contributed by atoms with Crippen molar-refractivity contribution in [2.24, 2.45) is 0 Å². The largest absolute Gasteiger partial charge is 0.448 e. The van der Waals surface area contributed by atoms with Crippen molar-refractivity contribution in [2.75, 3.05) is 5.12 Å². The van der Waals surface area contributed by atoms with E-state index in [1.54, 1.807) is 0 Å².